The number of amides is 1. The highest BCUT2D eigenvalue weighted by Gasteiger charge is 2.31. The Morgan fingerprint density at radius 1 is 1.06 bits per heavy atom. The van der Waals surface area contributed by atoms with Gasteiger partial charge in [-0.3, -0.25) is 4.79 Å². The smallest absolute Gasteiger partial charge is 0.223 e. The van der Waals surface area contributed by atoms with Crippen molar-refractivity contribution in [3.63, 3.8) is 0 Å². The summed E-state index contributed by atoms with van der Waals surface area (Å²) in [6, 6.07) is 16.1. The summed E-state index contributed by atoms with van der Waals surface area (Å²) in [5.74, 6) is 0.449. The zero-order chi connectivity index (χ0) is 22.4. The first kappa shape index (κ1) is 23.5. The van der Waals surface area contributed by atoms with E-state index in [0.29, 0.717) is 38.4 Å². The summed E-state index contributed by atoms with van der Waals surface area (Å²) in [5.41, 5.74) is 4.39. The largest absolute Gasteiger partial charge is 0.356 e. The van der Waals surface area contributed by atoms with Gasteiger partial charge in [0, 0.05) is 25.6 Å². The molecule has 0 radical (unpaired) electrons. The molecule has 0 aliphatic carbocycles. The molecule has 168 valence electrons. The van der Waals surface area contributed by atoms with Crippen molar-refractivity contribution in [2.75, 3.05) is 19.6 Å². The van der Waals surface area contributed by atoms with Crippen molar-refractivity contribution in [1.29, 1.82) is 0 Å². The highest BCUT2D eigenvalue weighted by molar-refractivity contribution is 7.88. The number of hydrogen-bond donors (Lipinski definition) is 1. The quantitative estimate of drug-likeness (QED) is 0.671. The average molecular weight is 443 g/mol. The summed E-state index contributed by atoms with van der Waals surface area (Å²) < 4.78 is 27.1. The van der Waals surface area contributed by atoms with Gasteiger partial charge in [-0.05, 0) is 48.8 Å². The lowest BCUT2D eigenvalue weighted by atomic mass is 9.97. The minimum Gasteiger partial charge on any atom is -0.356 e. The molecule has 31 heavy (non-hydrogen) atoms. The van der Waals surface area contributed by atoms with Crippen LogP contribution >= 0.6 is 0 Å². The summed E-state index contributed by atoms with van der Waals surface area (Å²) >= 11 is 0. The van der Waals surface area contributed by atoms with E-state index >= 15 is 0 Å². The van der Waals surface area contributed by atoms with Crippen LogP contribution in [0.4, 0.5) is 0 Å². The molecule has 1 amide bonds. The number of nitrogens with zero attached hydrogens (tertiary/aromatic N) is 1. The molecule has 0 spiro atoms. The molecular weight excluding hydrogens is 408 g/mol. The highest BCUT2D eigenvalue weighted by Crippen LogP contribution is 2.22. The second-order valence-corrected chi connectivity index (χ2v) is 10.8. The summed E-state index contributed by atoms with van der Waals surface area (Å²) in [4.78, 5) is 12.5. The predicted octanol–water partition coefficient (Wildman–Crippen LogP) is 4.02. The normalized spacial score (nSPS) is 15.9. The van der Waals surface area contributed by atoms with Crippen LogP contribution in [-0.4, -0.2) is 38.3 Å². The summed E-state index contributed by atoms with van der Waals surface area (Å²) in [5, 5.41) is 3.03. The predicted molar refractivity (Wildman–Crippen MR) is 125 cm³/mol. The van der Waals surface area contributed by atoms with Gasteiger partial charge in [-0.1, -0.05) is 67.9 Å². The molecule has 1 fully saturated rings. The number of sulfonamides is 1. The van der Waals surface area contributed by atoms with Crippen molar-refractivity contribution in [3.8, 4) is 0 Å². The lowest BCUT2D eigenvalue weighted by molar-refractivity contribution is -0.126. The average Bonchev–Trinajstić information content (AvgIpc) is 2.74. The lowest BCUT2D eigenvalue weighted by Crippen LogP contribution is -2.43. The van der Waals surface area contributed by atoms with E-state index in [0.717, 1.165) is 17.5 Å². The minimum atomic E-state index is -3.36. The van der Waals surface area contributed by atoms with Gasteiger partial charge >= 0.3 is 0 Å². The molecule has 0 bridgehead atoms. The molecule has 0 unspecified atom stereocenters. The summed E-state index contributed by atoms with van der Waals surface area (Å²) in [7, 11) is -3.36. The Morgan fingerprint density at radius 2 is 1.74 bits per heavy atom. The maximum absolute atomic E-state index is 12.8. The van der Waals surface area contributed by atoms with Gasteiger partial charge in [0.15, 0.2) is 0 Å². The van der Waals surface area contributed by atoms with Crippen LogP contribution in [0.5, 0.6) is 0 Å². The number of benzene rings is 2. The van der Waals surface area contributed by atoms with Crippen molar-refractivity contribution in [3.05, 3.63) is 70.8 Å². The molecule has 0 atom stereocenters. The van der Waals surface area contributed by atoms with E-state index in [-0.39, 0.29) is 17.6 Å². The van der Waals surface area contributed by atoms with Gasteiger partial charge in [-0.15, -0.1) is 0 Å². The highest BCUT2D eigenvalue weighted by atomic mass is 32.2. The minimum absolute atomic E-state index is 0.0150. The third-order valence-corrected chi connectivity index (χ3v) is 7.86. The van der Waals surface area contributed by atoms with E-state index in [9.17, 15) is 13.2 Å². The number of piperidine rings is 1. The summed E-state index contributed by atoms with van der Waals surface area (Å²) in [6.07, 6.45) is 1.94. The van der Waals surface area contributed by atoms with Crippen molar-refractivity contribution in [2.24, 2.45) is 5.92 Å². The molecule has 3 rings (SSSR count). The molecule has 1 N–H and O–H groups in total. The maximum atomic E-state index is 12.8. The fraction of sp³-hybridized carbons (Fsp3) is 0.480. The Bertz CT molecular complexity index is 976. The van der Waals surface area contributed by atoms with Gasteiger partial charge in [0.05, 0.1) is 5.75 Å². The lowest BCUT2D eigenvalue weighted by Gasteiger charge is -2.30. The van der Waals surface area contributed by atoms with Crippen molar-refractivity contribution in [2.45, 2.75) is 51.7 Å². The van der Waals surface area contributed by atoms with Crippen molar-refractivity contribution < 1.29 is 13.2 Å². The number of carbonyl (C=O) groups excluding carboxylic acids is 1. The SMILES string of the molecule is Cc1cccc(CS(=O)(=O)N2CCC(C(=O)NCCc3ccc(C(C)C)cc3)CC2)c1. The Balaban J connectivity index is 1.43. The van der Waals surface area contributed by atoms with Gasteiger partial charge in [-0.2, -0.15) is 0 Å². The number of hydrogen-bond acceptors (Lipinski definition) is 3. The fourth-order valence-corrected chi connectivity index (χ4v) is 5.59. The maximum Gasteiger partial charge on any atom is 0.223 e. The zero-order valence-electron chi connectivity index (χ0n) is 18.8. The molecule has 0 aromatic heterocycles. The van der Waals surface area contributed by atoms with Crippen molar-refractivity contribution >= 4 is 15.9 Å². The second kappa shape index (κ2) is 10.4. The van der Waals surface area contributed by atoms with Crippen LogP contribution in [-0.2, 0) is 27.0 Å². The van der Waals surface area contributed by atoms with E-state index < -0.39 is 10.0 Å². The third kappa shape index (κ3) is 6.65. The molecule has 1 saturated heterocycles. The fourth-order valence-electron chi connectivity index (χ4n) is 4.04. The second-order valence-electron chi connectivity index (χ2n) is 8.86. The first-order valence-electron chi connectivity index (χ1n) is 11.1. The summed E-state index contributed by atoms with van der Waals surface area (Å²) in [6.45, 7) is 7.72. The van der Waals surface area contributed by atoms with Gasteiger partial charge in [-0.25, -0.2) is 12.7 Å². The van der Waals surface area contributed by atoms with Crippen LogP contribution in [0.15, 0.2) is 48.5 Å². The Labute approximate surface area is 186 Å². The first-order valence-corrected chi connectivity index (χ1v) is 12.8. The molecule has 1 aliphatic heterocycles. The molecule has 0 saturated carbocycles. The number of rotatable bonds is 8. The van der Waals surface area contributed by atoms with Crippen LogP contribution in [0.2, 0.25) is 0 Å². The van der Waals surface area contributed by atoms with Crippen LogP contribution < -0.4 is 5.32 Å². The number of carbonyl (C=O) groups is 1. The Morgan fingerprint density at radius 3 is 2.35 bits per heavy atom. The van der Waals surface area contributed by atoms with Crippen molar-refractivity contribution in [1.82, 2.24) is 9.62 Å². The standard InChI is InChI=1S/C25H34N2O3S/c1-19(2)23-9-7-21(8-10-23)11-14-26-25(28)24-12-15-27(16-13-24)31(29,30)18-22-6-4-5-20(3)17-22/h4-10,17,19,24H,11-16,18H2,1-3H3,(H,26,28). The van der Waals surface area contributed by atoms with E-state index in [1.807, 2.05) is 31.2 Å². The van der Waals surface area contributed by atoms with Gasteiger partial charge in [0.25, 0.3) is 0 Å². The van der Waals surface area contributed by atoms with E-state index in [4.69, 9.17) is 0 Å². The molecule has 2 aromatic carbocycles. The van der Waals surface area contributed by atoms with Gasteiger partial charge in [0.1, 0.15) is 0 Å². The molecule has 6 heteroatoms. The molecule has 1 heterocycles. The van der Waals surface area contributed by atoms with Crippen LogP contribution in [0.1, 0.15) is 54.9 Å². The topological polar surface area (TPSA) is 66.5 Å². The number of aryl methyl sites for hydroxylation is 1. The number of nitrogens with one attached hydrogen (secondary N) is 1. The molecular formula is C25H34N2O3S. The molecule has 5 nitrogen and oxygen atoms in total. The van der Waals surface area contributed by atoms with E-state index in [1.165, 1.54) is 15.4 Å². The Hall–Kier alpha value is -2.18. The van der Waals surface area contributed by atoms with Gasteiger partial charge < -0.3 is 5.32 Å². The van der Waals surface area contributed by atoms with Crippen LogP contribution in [0.25, 0.3) is 0 Å². The van der Waals surface area contributed by atoms with Crippen LogP contribution in [0.3, 0.4) is 0 Å². The zero-order valence-corrected chi connectivity index (χ0v) is 19.6. The van der Waals surface area contributed by atoms with E-state index in [2.05, 4.69) is 43.4 Å². The Kier molecular flexibility index (Phi) is 7.89. The molecule has 2 aromatic rings. The monoisotopic (exact) mass is 442 g/mol. The van der Waals surface area contributed by atoms with Gasteiger partial charge in [0.2, 0.25) is 15.9 Å². The van der Waals surface area contributed by atoms with E-state index in [1.54, 1.807) is 0 Å². The van der Waals surface area contributed by atoms with Crippen LogP contribution in [0, 0.1) is 12.8 Å². The first-order chi connectivity index (χ1) is 14.7. The third-order valence-electron chi connectivity index (χ3n) is 6.01. The molecule has 1 aliphatic rings.